The standard InChI is InChI=1S/C18H31NO2/c1-3-5-7-8-9-11-13-16(12-10-6-4-2)19-17(20)14-15-18(19)21/h14-16H,3-13H2,1-2H3. The molecule has 0 saturated carbocycles. The van der Waals surface area contributed by atoms with Crippen molar-refractivity contribution in [3.63, 3.8) is 0 Å². The van der Waals surface area contributed by atoms with Crippen LogP contribution in [0, 0.1) is 0 Å². The minimum absolute atomic E-state index is 0.109. The van der Waals surface area contributed by atoms with Gasteiger partial charge in [-0.15, -0.1) is 0 Å². The molecular weight excluding hydrogens is 262 g/mol. The molecule has 3 heteroatoms. The molecule has 1 heterocycles. The molecular formula is C18H31NO2. The van der Waals surface area contributed by atoms with Gasteiger partial charge in [0, 0.05) is 18.2 Å². The highest BCUT2D eigenvalue weighted by Crippen LogP contribution is 2.21. The van der Waals surface area contributed by atoms with Crippen LogP contribution in [-0.4, -0.2) is 22.8 Å². The molecule has 0 saturated heterocycles. The highest BCUT2D eigenvalue weighted by atomic mass is 16.2. The Morgan fingerprint density at radius 2 is 1.19 bits per heavy atom. The lowest BCUT2D eigenvalue weighted by atomic mass is 9.99. The summed E-state index contributed by atoms with van der Waals surface area (Å²) in [6.45, 7) is 4.40. The number of carbonyl (C=O) groups is 2. The van der Waals surface area contributed by atoms with E-state index >= 15 is 0 Å². The SMILES string of the molecule is CCCCCCCCC(CCCCC)N1C(=O)C=CC1=O. The number of carbonyl (C=O) groups excluding carboxylic acids is 2. The zero-order valence-corrected chi connectivity index (χ0v) is 13.8. The van der Waals surface area contributed by atoms with Crippen molar-refractivity contribution in [3.05, 3.63) is 12.2 Å². The van der Waals surface area contributed by atoms with E-state index in [2.05, 4.69) is 13.8 Å². The summed E-state index contributed by atoms with van der Waals surface area (Å²) < 4.78 is 0. The summed E-state index contributed by atoms with van der Waals surface area (Å²) in [7, 11) is 0. The third-order valence-electron chi connectivity index (χ3n) is 4.24. The van der Waals surface area contributed by atoms with Gasteiger partial charge in [-0.3, -0.25) is 14.5 Å². The van der Waals surface area contributed by atoms with E-state index in [-0.39, 0.29) is 17.9 Å². The summed E-state index contributed by atoms with van der Waals surface area (Å²) in [5.74, 6) is -0.236. The van der Waals surface area contributed by atoms with Crippen LogP contribution >= 0.6 is 0 Å². The second-order valence-electron chi connectivity index (χ2n) is 6.09. The van der Waals surface area contributed by atoms with E-state index in [9.17, 15) is 9.59 Å². The molecule has 0 aromatic heterocycles. The van der Waals surface area contributed by atoms with Crippen LogP contribution in [0.4, 0.5) is 0 Å². The maximum atomic E-state index is 11.9. The van der Waals surface area contributed by atoms with E-state index in [4.69, 9.17) is 0 Å². The van der Waals surface area contributed by atoms with E-state index in [1.165, 1.54) is 62.0 Å². The molecule has 0 spiro atoms. The van der Waals surface area contributed by atoms with Gasteiger partial charge in [-0.25, -0.2) is 0 Å². The second-order valence-corrected chi connectivity index (χ2v) is 6.09. The summed E-state index contributed by atoms with van der Waals surface area (Å²) in [6.07, 6.45) is 15.7. The topological polar surface area (TPSA) is 37.4 Å². The summed E-state index contributed by atoms with van der Waals surface area (Å²) in [6, 6.07) is 0.109. The maximum Gasteiger partial charge on any atom is 0.253 e. The first-order valence-corrected chi connectivity index (χ1v) is 8.76. The Balaban J connectivity index is 2.38. The monoisotopic (exact) mass is 293 g/mol. The largest absolute Gasteiger partial charge is 0.272 e. The molecule has 1 aliphatic rings. The van der Waals surface area contributed by atoms with Gasteiger partial charge in [0.1, 0.15) is 0 Å². The van der Waals surface area contributed by atoms with E-state index < -0.39 is 0 Å². The van der Waals surface area contributed by atoms with E-state index in [1.54, 1.807) is 0 Å². The molecule has 1 aliphatic heterocycles. The first kappa shape index (κ1) is 17.9. The number of rotatable bonds is 12. The Morgan fingerprint density at radius 3 is 1.76 bits per heavy atom. The number of hydrogen-bond acceptors (Lipinski definition) is 2. The van der Waals surface area contributed by atoms with Crippen LogP contribution in [0.3, 0.4) is 0 Å². The zero-order valence-electron chi connectivity index (χ0n) is 13.8. The average molecular weight is 293 g/mol. The normalized spacial score (nSPS) is 16.0. The Kier molecular flexibility index (Phi) is 9.04. The molecule has 1 unspecified atom stereocenters. The Hall–Kier alpha value is -1.12. The van der Waals surface area contributed by atoms with Gasteiger partial charge in [0.15, 0.2) is 0 Å². The minimum atomic E-state index is -0.118. The number of nitrogens with zero attached hydrogens (tertiary/aromatic N) is 1. The Morgan fingerprint density at radius 1 is 0.762 bits per heavy atom. The van der Waals surface area contributed by atoms with Gasteiger partial charge in [0.2, 0.25) is 0 Å². The van der Waals surface area contributed by atoms with Crippen LogP contribution < -0.4 is 0 Å². The number of hydrogen-bond donors (Lipinski definition) is 0. The smallest absolute Gasteiger partial charge is 0.253 e. The lowest BCUT2D eigenvalue weighted by Gasteiger charge is -2.26. The molecule has 2 amide bonds. The minimum Gasteiger partial charge on any atom is -0.272 e. The highest BCUT2D eigenvalue weighted by Gasteiger charge is 2.30. The molecule has 0 aromatic carbocycles. The first-order chi connectivity index (χ1) is 10.2. The van der Waals surface area contributed by atoms with E-state index in [0.717, 1.165) is 25.7 Å². The molecule has 120 valence electrons. The Bertz CT molecular complexity index is 331. The fourth-order valence-corrected chi connectivity index (χ4v) is 2.96. The number of unbranched alkanes of at least 4 members (excludes halogenated alkanes) is 7. The molecule has 0 N–H and O–H groups in total. The molecule has 0 radical (unpaired) electrons. The van der Waals surface area contributed by atoms with Crippen LogP contribution in [0.2, 0.25) is 0 Å². The van der Waals surface area contributed by atoms with Gasteiger partial charge in [0.05, 0.1) is 0 Å². The van der Waals surface area contributed by atoms with Crippen LogP contribution in [0.15, 0.2) is 12.2 Å². The van der Waals surface area contributed by atoms with Gasteiger partial charge in [-0.2, -0.15) is 0 Å². The predicted octanol–water partition coefficient (Wildman–Crippen LogP) is 4.61. The fourth-order valence-electron chi connectivity index (χ4n) is 2.96. The molecule has 3 nitrogen and oxygen atoms in total. The molecule has 0 bridgehead atoms. The van der Waals surface area contributed by atoms with E-state index in [0.29, 0.717) is 0 Å². The molecule has 21 heavy (non-hydrogen) atoms. The van der Waals surface area contributed by atoms with Crippen LogP contribution in [0.5, 0.6) is 0 Å². The highest BCUT2D eigenvalue weighted by molar-refractivity contribution is 6.13. The summed E-state index contributed by atoms with van der Waals surface area (Å²) >= 11 is 0. The maximum absolute atomic E-state index is 11.9. The van der Waals surface area contributed by atoms with Crippen molar-refractivity contribution in [2.75, 3.05) is 0 Å². The van der Waals surface area contributed by atoms with Crippen molar-refractivity contribution in [1.29, 1.82) is 0 Å². The van der Waals surface area contributed by atoms with Gasteiger partial charge < -0.3 is 0 Å². The summed E-state index contributed by atoms with van der Waals surface area (Å²) in [5, 5.41) is 0. The molecule has 1 atom stereocenters. The van der Waals surface area contributed by atoms with Crippen molar-refractivity contribution in [2.45, 2.75) is 90.5 Å². The third-order valence-corrected chi connectivity index (χ3v) is 4.24. The number of amides is 2. The lowest BCUT2D eigenvalue weighted by Crippen LogP contribution is -2.40. The van der Waals surface area contributed by atoms with Gasteiger partial charge in [-0.05, 0) is 12.8 Å². The van der Waals surface area contributed by atoms with Gasteiger partial charge in [-0.1, -0.05) is 71.6 Å². The van der Waals surface area contributed by atoms with Crippen molar-refractivity contribution in [1.82, 2.24) is 4.90 Å². The first-order valence-electron chi connectivity index (χ1n) is 8.76. The average Bonchev–Trinajstić information content (AvgIpc) is 2.80. The number of imide groups is 1. The lowest BCUT2D eigenvalue weighted by molar-refractivity contribution is -0.139. The Labute approximate surface area is 129 Å². The molecule has 0 aromatic rings. The fraction of sp³-hybridized carbons (Fsp3) is 0.778. The van der Waals surface area contributed by atoms with Crippen molar-refractivity contribution in [3.8, 4) is 0 Å². The predicted molar refractivity (Wildman–Crippen MR) is 86.9 cm³/mol. The van der Waals surface area contributed by atoms with Crippen molar-refractivity contribution >= 4 is 11.8 Å². The van der Waals surface area contributed by atoms with Gasteiger partial charge in [0.25, 0.3) is 11.8 Å². The zero-order chi connectivity index (χ0) is 15.5. The van der Waals surface area contributed by atoms with Crippen LogP contribution in [-0.2, 0) is 9.59 Å². The van der Waals surface area contributed by atoms with E-state index in [1.807, 2.05) is 0 Å². The van der Waals surface area contributed by atoms with Crippen LogP contribution in [0.1, 0.15) is 84.5 Å². The summed E-state index contributed by atoms with van der Waals surface area (Å²) in [5.41, 5.74) is 0. The molecule has 1 rings (SSSR count). The van der Waals surface area contributed by atoms with Crippen molar-refractivity contribution in [2.24, 2.45) is 0 Å². The molecule has 0 fully saturated rings. The third kappa shape index (κ3) is 6.45. The second kappa shape index (κ2) is 10.6. The quantitative estimate of drug-likeness (QED) is 0.389. The summed E-state index contributed by atoms with van der Waals surface area (Å²) in [4.78, 5) is 25.2. The van der Waals surface area contributed by atoms with Crippen molar-refractivity contribution < 1.29 is 9.59 Å². The van der Waals surface area contributed by atoms with Crippen LogP contribution in [0.25, 0.3) is 0 Å². The van der Waals surface area contributed by atoms with Gasteiger partial charge >= 0.3 is 0 Å². The molecule has 0 aliphatic carbocycles.